The molecule has 0 bridgehead atoms. The van der Waals surface area contributed by atoms with Crippen molar-refractivity contribution < 1.29 is 19.0 Å². The van der Waals surface area contributed by atoms with Crippen molar-refractivity contribution in [1.82, 2.24) is 4.90 Å². The first-order valence-corrected chi connectivity index (χ1v) is 5.43. The number of ether oxygens (including phenoxy) is 1. The van der Waals surface area contributed by atoms with Gasteiger partial charge in [0.05, 0.1) is 18.7 Å². The third kappa shape index (κ3) is 3.96. The summed E-state index contributed by atoms with van der Waals surface area (Å²) in [6, 6.07) is 0. The Bertz CT molecular complexity index is 273. The molecule has 2 atom stereocenters. The molecule has 0 aromatic carbocycles. The van der Waals surface area contributed by atoms with Crippen molar-refractivity contribution in [2.45, 2.75) is 51.5 Å². The van der Waals surface area contributed by atoms with Gasteiger partial charge in [-0.25, -0.2) is 9.18 Å². The number of rotatable bonds is 0. The molecule has 1 amide bonds. The Kier molecular flexibility index (Phi) is 3.47. The number of hydrogen-bond acceptors (Lipinski definition) is 3. The van der Waals surface area contributed by atoms with E-state index in [0.29, 0.717) is 0 Å². The van der Waals surface area contributed by atoms with Gasteiger partial charge >= 0.3 is 6.09 Å². The number of alkyl halides is 1. The zero-order valence-electron chi connectivity index (χ0n) is 10.3. The van der Waals surface area contributed by atoms with Crippen LogP contribution in [0, 0.1) is 0 Å². The van der Waals surface area contributed by atoms with Crippen LogP contribution in [0.2, 0.25) is 0 Å². The molecule has 1 rings (SSSR count). The van der Waals surface area contributed by atoms with Crippen LogP contribution < -0.4 is 0 Å². The molecule has 1 fully saturated rings. The molecule has 0 aliphatic carbocycles. The molecular formula is C11H20FNO3. The molecule has 1 saturated heterocycles. The zero-order chi connectivity index (χ0) is 12.6. The SMILES string of the molecule is CC1(O)CC(F)CN(C(=O)OC(C)(C)C)C1. The van der Waals surface area contributed by atoms with E-state index in [2.05, 4.69) is 0 Å². The first-order valence-electron chi connectivity index (χ1n) is 5.43. The van der Waals surface area contributed by atoms with Crippen molar-refractivity contribution in [2.24, 2.45) is 0 Å². The maximum Gasteiger partial charge on any atom is 0.410 e. The third-order valence-corrected chi connectivity index (χ3v) is 2.26. The van der Waals surface area contributed by atoms with Crippen LogP contribution in [0.25, 0.3) is 0 Å². The lowest BCUT2D eigenvalue weighted by Gasteiger charge is -2.39. The largest absolute Gasteiger partial charge is 0.444 e. The van der Waals surface area contributed by atoms with E-state index in [1.54, 1.807) is 20.8 Å². The second-order valence-corrected chi connectivity index (χ2v) is 5.66. The lowest BCUT2D eigenvalue weighted by atomic mass is 9.94. The smallest absolute Gasteiger partial charge is 0.410 e. The van der Waals surface area contributed by atoms with E-state index in [1.807, 2.05) is 0 Å². The van der Waals surface area contributed by atoms with Gasteiger partial charge in [0.1, 0.15) is 11.8 Å². The number of halogens is 1. The lowest BCUT2D eigenvalue weighted by molar-refractivity contribution is -0.0554. The monoisotopic (exact) mass is 233 g/mol. The Labute approximate surface area is 95.4 Å². The second-order valence-electron chi connectivity index (χ2n) is 5.66. The van der Waals surface area contributed by atoms with E-state index < -0.39 is 23.5 Å². The summed E-state index contributed by atoms with van der Waals surface area (Å²) >= 11 is 0. The molecule has 2 unspecified atom stereocenters. The standard InChI is InChI=1S/C11H20FNO3/c1-10(2,3)16-9(14)13-6-8(12)5-11(4,15)7-13/h8,15H,5-7H2,1-4H3. The number of nitrogens with zero attached hydrogens (tertiary/aromatic N) is 1. The highest BCUT2D eigenvalue weighted by Crippen LogP contribution is 2.24. The van der Waals surface area contributed by atoms with Gasteiger partial charge in [0, 0.05) is 6.42 Å². The molecule has 4 nitrogen and oxygen atoms in total. The zero-order valence-corrected chi connectivity index (χ0v) is 10.3. The van der Waals surface area contributed by atoms with Gasteiger partial charge in [0.25, 0.3) is 0 Å². The summed E-state index contributed by atoms with van der Waals surface area (Å²) in [5.74, 6) is 0. The quantitative estimate of drug-likeness (QED) is 0.693. The second kappa shape index (κ2) is 4.20. The van der Waals surface area contributed by atoms with Gasteiger partial charge in [-0.2, -0.15) is 0 Å². The van der Waals surface area contributed by atoms with E-state index in [1.165, 1.54) is 11.8 Å². The first-order chi connectivity index (χ1) is 7.09. The summed E-state index contributed by atoms with van der Waals surface area (Å²) in [7, 11) is 0. The van der Waals surface area contributed by atoms with Crippen LogP contribution in [0.4, 0.5) is 9.18 Å². The summed E-state index contributed by atoms with van der Waals surface area (Å²) in [5.41, 5.74) is -1.78. The molecule has 0 aromatic rings. The Hall–Kier alpha value is -0.840. The number of amides is 1. The van der Waals surface area contributed by atoms with Gasteiger partial charge in [0.2, 0.25) is 0 Å². The van der Waals surface area contributed by atoms with Crippen molar-refractivity contribution in [3.63, 3.8) is 0 Å². The van der Waals surface area contributed by atoms with E-state index in [9.17, 15) is 14.3 Å². The molecule has 1 aliphatic heterocycles. The predicted octanol–water partition coefficient (Wildman–Crippen LogP) is 1.72. The average molecular weight is 233 g/mol. The molecule has 1 heterocycles. The summed E-state index contributed by atoms with van der Waals surface area (Å²) in [6.45, 7) is 6.88. The maximum absolute atomic E-state index is 13.3. The molecule has 5 heteroatoms. The minimum atomic E-state index is -1.20. The Morgan fingerprint density at radius 1 is 1.56 bits per heavy atom. The van der Waals surface area contributed by atoms with Crippen LogP contribution >= 0.6 is 0 Å². The van der Waals surface area contributed by atoms with Gasteiger partial charge in [-0.05, 0) is 27.7 Å². The fraction of sp³-hybridized carbons (Fsp3) is 0.909. The van der Waals surface area contributed by atoms with E-state index >= 15 is 0 Å². The van der Waals surface area contributed by atoms with Gasteiger partial charge in [-0.3, -0.25) is 0 Å². The number of likely N-dealkylation sites (tertiary alicyclic amines) is 1. The highest BCUT2D eigenvalue weighted by Gasteiger charge is 2.38. The Morgan fingerprint density at radius 3 is 2.56 bits per heavy atom. The molecule has 1 aliphatic rings. The summed E-state index contributed by atoms with van der Waals surface area (Å²) in [6.07, 6.45) is -1.71. The van der Waals surface area contributed by atoms with Crippen LogP contribution in [-0.4, -0.2) is 46.6 Å². The maximum atomic E-state index is 13.3. The fourth-order valence-corrected chi connectivity index (χ4v) is 1.79. The van der Waals surface area contributed by atoms with Gasteiger partial charge in [-0.1, -0.05) is 0 Å². The molecule has 0 spiro atoms. The number of hydrogen-bond donors (Lipinski definition) is 1. The summed E-state index contributed by atoms with van der Waals surface area (Å²) in [4.78, 5) is 12.9. The van der Waals surface area contributed by atoms with Crippen molar-refractivity contribution in [3.05, 3.63) is 0 Å². The Morgan fingerprint density at radius 2 is 2.12 bits per heavy atom. The molecule has 0 radical (unpaired) electrons. The number of carbonyl (C=O) groups excluding carboxylic acids is 1. The minimum absolute atomic E-state index is 0.00887. The highest BCUT2D eigenvalue weighted by molar-refractivity contribution is 5.68. The molecule has 0 aromatic heterocycles. The normalized spacial score (nSPS) is 31.4. The van der Waals surface area contributed by atoms with Crippen LogP contribution in [-0.2, 0) is 4.74 Å². The summed E-state index contributed by atoms with van der Waals surface area (Å²) < 4.78 is 18.4. The third-order valence-electron chi connectivity index (χ3n) is 2.26. The predicted molar refractivity (Wildman–Crippen MR) is 57.9 cm³/mol. The van der Waals surface area contributed by atoms with Crippen molar-refractivity contribution >= 4 is 6.09 Å². The molecule has 1 N–H and O–H groups in total. The van der Waals surface area contributed by atoms with E-state index in [4.69, 9.17) is 4.74 Å². The van der Waals surface area contributed by atoms with E-state index in [-0.39, 0.29) is 19.5 Å². The molecular weight excluding hydrogens is 213 g/mol. The minimum Gasteiger partial charge on any atom is -0.444 e. The fourth-order valence-electron chi connectivity index (χ4n) is 1.79. The number of aliphatic hydroxyl groups is 1. The first kappa shape index (κ1) is 13.2. The topological polar surface area (TPSA) is 49.8 Å². The van der Waals surface area contributed by atoms with Crippen LogP contribution in [0.5, 0.6) is 0 Å². The van der Waals surface area contributed by atoms with Gasteiger partial charge in [-0.15, -0.1) is 0 Å². The number of piperidine rings is 1. The van der Waals surface area contributed by atoms with Crippen molar-refractivity contribution in [2.75, 3.05) is 13.1 Å². The summed E-state index contributed by atoms with van der Waals surface area (Å²) in [5, 5.41) is 9.77. The van der Waals surface area contributed by atoms with Gasteiger partial charge < -0.3 is 14.7 Å². The highest BCUT2D eigenvalue weighted by atomic mass is 19.1. The molecule has 0 saturated carbocycles. The van der Waals surface area contributed by atoms with Crippen molar-refractivity contribution in [3.8, 4) is 0 Å². The van der Waals surface area contributed by atoms with Gasteiger partial charge in [0.15, 0.2) is 0 Å². The number of carbonyl (C=O) groups is 1. The molecule has 94 valence electrons. The van der Waals surface area contributed by atoms with Crippen LogP contribution in [0.3, 0.4) is 0 Å². The lowest BCUT2D eigenvalue weighted by Crippen LogP contribution is -2.54. The van der Waals surface area contributed by atoms with Crippen LogP contribution in [0.1, 0.15) is 34.1 Å². The van der Waals surface area contributed by atoms with Crippen LogP contribution in [0.15, 0.2) is 0 Å². The van der Waals surface area contributed by atoms with E-state index in [0.717, 1.165) is 0 Å². The average Bonchev–Trinajstić information content (AvgIpc) is 1.96. The number of β-amino-alcohol motifs (C(OH)–C–C–N with tert-alkyl or cyclic N) is 1. The Balaban J connectivity index is 2.63. The molecule has 16 heavy (non-hydrogen) atoms. The van der Waals surface area contributed by atoms with Crippen molar-refractivity contribution in [1.29, 1.82) is 0 Å².